The SMILES string of the molecule is C=CCN(CC)C(=O)COc1ccc(COOCc2ccccc2)cc1. The number of carbonyl (C=O) groups excluding carboxylic acids is 1. The van der Waals surface area contributed by atoms with Gasteiger partial charge in [-0.15, -0.1) is 6.58 Å². The number of nitrogens with zero attached hydrogens (tertiary/aromatic N) is 1. The van der Waals surface area contributed by atoms with E-state index in [0.29, 0.717) is 32.1 Å². The van der Waals surface area contributed by atoms with Gasteiger partial charge in [0.1, 0.15) is 19.0 Å². The molecule has 5 nitrogen and oxygen atoms in total. The molecule has 0 unspecified atom stereocenters. The predicted octanol–water partition coefficient (Wildman–Crippen LogP) is 3.75. The number of likely N-dealkylation sites (N-methyl/N-ethyl adjacent to an activating group) is 1. The maximum absolute atomic E-state index is 12.0. The van der Waals surface area contributed by atoms with Crippen LogP contribution in [0.1, 0.15) is 18.1 Å². The summed E-state index contributed by atoms with van der Waals surface area (Å²) in [6.45, 7) is 7.49. The number of rotatable bonds is 11. The first-order valence-corrected chi connectivity index (χ1v) is 8.61. The van der Waals surface area contributed by atoms with E-state index in [1.807, 2.05) is 61.5 Å². The van der Waals surface area contributed by atoms with Crippen molar-refractivity contribution in [3.05, 3.63) is 78.4 Å². The van der Waals surface area contributed by atoms with Crippen LogP contribution < -0.4 is 4.74 Å². The van der Waals surface area contributed by atoms with Crippen molar-refractivity contribution < 1.29 is 19.3 Å². The summed E-state index contributed by atoms with van der Waals surface area (Å²) in [4.78, 5) is 24.1. The third-order valence-corrected chi connectivity index (χ3v) is 3.75. The van der Waals surface area contributed by atoms with Crippen LogP contribution in [0, 0.1) is 0 Å². The van der Waals surface area contributed by atoms with E-state index in [2.05, 4.69) is 6.58 Å². The lowest BCUT2D eigenvalue weighted by Crippen LogP contribution is -2.34. The summed E-state index contributed by atoms with van der Waals surface area (Å²) in [6, 6.07) is 17.2. The molecule has 0 fully saturated rings. The molecular weight excluding hydrogens is 330 g/mol. The summed E-state index contributed by atoms with van der Waals surface area (Å²) < 4.78 is 5.54. The second kappa shape index (κ2) is 11.1. The first-order valence-electron chi connectivity index (χ1n) is 8.61. The molecule has 0 aliphatic heterocycles. The van der Waals surface area contributed by atoms with E-state index < -0.39 is 0 Å². The van der Waals surface area contributed by atoms with Crippen LogP contribution in [0.15, 0.2) is 67.3 Å². The van der Waals surface area contributed by atoms with E-state index in [0.717, 1.165) is 11.1 Å². The van der Waals surface area contributed by atoms with Gasteiger partial charge in [-0.3, -0.25) is 4.79 Å². The maximum Gasteiger partial charge on any atom is 0.260 e. The van der Waals surface area contributed by atoms with Crippen LogP contribution in [0.25, 0.3) is 0 Å². The molecule has 0 atom stereocenters. The molecule has 2 rings (SSSR count). The number of benzene rings is 2. The Morgan fingerprint density at radius 2 is 1.62 bits per heavy atom. The van der Waals surface area contributed by atoms with E-state index in [1.54, 1.807) is 11.0 Å². The summed E-state index contributed by atoms with van der Waals surface area (Å²) in [5, 5.41) is 0. The Balaban J connectivity index is 1.70. The number of hydrogen-bond donors (Lipinski definition) is 0. The lowest BCUT2D eigenvalue weighted by Gasteiger charge is -2.19. The van der Waals surface area contributed by atoms with E-state index in [9.17, 15) is 4.79 Å². The topological polar surface area (TPSA) is 48.0 Å². The Morgan fingerprint density at radius 3 is 2.19 bits per heavy atom. The maximum atomic E-state index is 12.0. The molecule has 0 saturated heterocycles. The molecule has 1 amide bonds. The minimum Gasteiger partial charge on any atom is -0.484 e. The summed E-state index contributed by atoms with van der Waals surface area (Å²) in [5.41, 5.74) is 2.01. The van der Waals surface area contributed by atoms with Crippen LogP contribution in [0.3, 0.4) is 0 Å². The highest BCUT2D eigenvalue weighted by Gasteiger charge is 2.10. The predicted molar refractivity (Wildman–Crippen MR) is 100 cm³/mol. The quantitative estimate of drug-likeness (QED) is 0.267. The molecule has 2 aromatic rings. The van der Waals surface area contributed by atoms with Gasteiger partial charge in [0.15, 0.2) is 6.61 Å². The fourth-order valence-electron chi connectivity index (χ4n) is 2.28. The van der Waals surface area contributed by atoms with Gasteiger partial charge in [0, 0.05) is 13.1 Å². The Hall–Kier alpha value is -2.63. The summed E-state index contributed by atoms with van der Waals surface area (Å²) in [5.74, 6) is 0.580. The van der Waals surface area contributed by atoms with Gasteiger partial charge in [0.2, 0.25) is 0 Å². The minimum atomic E-state index is -0.0610. The molecule has 2 aromatic carbocycles. The van der Waals surface area contributed by atoms with Crippen LogP contribution in [-0.2, 0) is 27.8 Å². The van der Waals surface area contributed by atoms with Gasteiger partial charge in [0.25, 0.3) is 5.91 Å². The molecule has 0 N–H and O–H groups in total. The number of hydrogen-bond acceptors (Lipinski definition) is 4. The standard InChI is InChI=1S/C21H25NO4/c1-3-14-22(4-2)21(23)17-24-20-12-10-19(11-13-20)16-26-25-15-18-8-6-5-7-9-18/h3,5-13H,1,4,14-17H2,2H3. The second-order valence-electron chi connectivity index (χ2n) is 5.66. The van der Waals surface area contributed by atoms with Crippen molar-refractivity contribution in [3.8, 4) is 5.75 Å². The zero-order valence-electron chi connectivity index (χ0n) is 15.1. The molecular formula is C21H25NO4. The van der Waals surface area contributed by atoms with Gasteiger partial charge >= 0.3 is 0 Å². The first kappa shape index (κ1) is 19.7. The number of ether oxygens (including phenoxy) is 1. The van der Waals surface area contributed by atoms with Crippen molar-refractivity contribution in [1.82, 2.24) is 4.90 Å². The Morgan fingerprint density at radius 1 is 1.00 bits per heavy atom. The van der Waals surface area contributed by atoms with Crippen LogP contribution in [0.5, 0.6) is 5.75 Å². The molecule has 0 aromatic heterocycles. The highest BCUT2D eigenvalue weighted by molar-refractivity contribution is 5.77. The van der Waals surface area contributed by atoms with Crippen LogP contribution in [0.2, 0.25) is 0 Å². The molecule has 138 valence electrons. The molecule has 5 heteroatoms. The zero-order valence-corrected chi connectivity index (χ0v) is 15.1. The lowest BCUT2D eigenvalue weighted by atomic mass is 10.2. The molecule has 26 heavy (non-hydrogen) atoms. The second-order valence-corrected chi connectivity index (χ2v) is 5.66. The van der Waals surface area contributed by atoms with Crippen molar-refractivity contribution in [3.63, 3.8) is 0 Å². The Kier molecular flexibility index (Phi) is 8.39. The minimum absolute atomic E-state index is 0.0116. The average molecular weight is 355 g/mol. The van der Waals surface area contributed by atoms with Crippen molar-refractivity contribution in [2.75, 3.05) is 19.7 Å². The smallest absolute Gasteiger partial charge is 0.260 e. The van der Waals surface area contributed by atoms with E-state index >= 15 is 0 Å². The lowest BCUT2D eigenvalue weighted by molar-refractivity contribution is -0.313. The van der Waals surface area contributed by atoms with Crippen molar-refractivity contribution in [2.45, 2.75) is 20.1 Å². The third kappa shape index (κ3) is 6.70. The normalized spacial score (nSPS) is 10.3. The van der Waals surface area contributed by atoms with Crippen molar-refractivity contribution >= 4 is 5.91 Å². The van der Waals surface area contributed by atoms with Crippen molar-refractivity contribution in [1.29, 1.82) is 0 Å². The number of amides is 1. The summed E-state index contributed by atoms with van der Waals surface area (Å²) >= 11 is 0. The highest BCUT2D eigenvalue weighted by Crippen LogP contribution is 2.13. The van der Waals surface area contributed by atoms with Gasteiger partial charge in [0.05, 0.1) is 0 Å². The fourth-order valence-corrected chi connectivity index (χ4v) is 2.28. The highest BCUT2D eigenvalue weighted by atomic mass is 17.2. The third-order valence-electron chi connectivity index (χ3n) is 3.75. The molecule has 0 heterocycles. The number of carbonyl (C=O) groups is 1. The van der Waals surface area contributed by atoms with Gasteiger partial charge in [-0.2, -0.15) is 0 Å². The zero-order chi connectivity index (χ0) is 18.6. The molecule has 0 bridgehead atoms. The molecule has 0 aliphatic rings. The fraction of sp³-hybridized carbons (Fsp3) is 0.286. The van der Waals surface area contributed by atoms with Crippen LogP contribution >= 0.6 is 0 Å². The average Bonchev–Trinajstić information content (AvgIpc) is 2.69. The van der Waals surface area contributed by atoms with Gasteiger partial charge in [-0.05, 0) is 30.2 Å². The molecule has 0 aliphatic carbocycles. The van der Waals surface area contributed by atoms with E-state index in [-0.39, 0.29) is 12.5 Å². The van der Waals surface area contributed by atoms with E-state index in [1.165, 1.54) is 0 Å². The molecule has 0 spiro atoms. The molecule has 0 saturated carbocycles. The van der Waals surface area contributed by atoms with Gasteiger partial charge < -0.3 is 9.64 Å². The van der Waals surface area contributed by atoms with Crippen LogP contribution in [-0.4, -0.2) is 30.5 Å². The van der Waals surface area contributed by atoms with Gasteiger partial charge in [-0.1, -0.05) is 48.5 Å². The van der Waals surface area contributed by atoms with Crippen LogP contribution in [0.4, 0.5) is 0 Å². The first-order chi connectivity index (χ1) is 12.7. The Bertz CT molecular complexity index is 670. The monoisotopic (exact) mass is 355 g/mol. The van der Waals surface area contributed by atoms with Gasteiger partial charge in [-0.25, -0.2) is 9.78 Å². The molecule has 0 radical (unpaired) electrons. The summed E-state index contributed by atoms with van der Waals surface area (Å²) in [7, 11) is 0. The van der Waals surface area contributed by atoms with E-state index in [4.69, 9.17) is 14.5 Å². The summed E-state index contributed by atoms with van der Waals surface area (Å²) in [6.07, 6.45) is 1.70. The van der Waals surface area contributed by atoms with Crippen molar-refractivity contribution in [2.24, 2.45) is 0 Å². The Labute approximate surface area is 154 Å². The largest absolute Gasteiger partial charge is 0.484 e.